The van der Waals surface area contributed by atoms with E-state index in [0.29, 0.717) is 11.7 Å². The molecule has 0 saturated carbocycles. The summed E-state index contributed by atoms with van der Waals surface area (Å²) in [4.78, 5) is 4.32. The topological polar surface area (TPSA) is 26.0 Å². The molecule has 2 nitrogen and oxygen atoms in total. The van der Waals surface area contributed by atoms with Crippen molar-refractivity contribution in [2.45, 2.75) is 26.2 Å². The summed E-state index contributed by atoms with van der Waals surface area (Å²) in [5.41, 5.74) is 3.13. The number of aromatic nitrogens is 1. The van der Waals surface area contributed by atoms with Crippen molar-refractivity contribution in [2.75, 3.05) is 0 Å². The summed E-state index contributed by atoms with van der Waals surface area (Å²) in [6, 6.07) is 14.4. The molecule has 0 aliphatic carbocycles. The van der Waals surface area contributed by atoms with Gasteiger partial charge >= 0.3 is 0 Å². The zero-order valence-corrected chi connectivity index (χ0v) is 12.9. The van der Waals surface area contributed by atoms with E-state index in [-0.39, 0.29) is 11.2 Å². The van der Waals surface area contributed by atoms with Crippen LogP contribution in [0.3, 0.4) is 0 Å². The van der Waals surface area contributed by atoms with Gasteiger partial charge in [0.15, 0.2) is 5.76 Å². The average molecular weight is 295 g/mol. The monoisotopic (exact) mass is 295 g/mol. The lowest BCUT2D eigenvalue weighted by Crippen LogP contribution is -2.10. The van der Waals surface area contributed by atoms with Crippen LogP contribution in [0.1, 0.15) is 26.3 Å². The third-order valence-corrected chi connectivity index (χ3v) is 3.63. The molecule has 112 valence electrons. The van der Waals surface area contributed by atoms with Crippen LogP contribution in [0.4, 0.5) is 4.39 Å². The molecule has 0 amide bonds. The molecule has 0 N–H and O–H groups in total. The number of benzene rings is 2. The Hall–Kier alpha value is -2.42. The standard InChI is InChI=1S/C19H18FNO/c1-19(2,3)15-8-4-14(5-9-15)18-21-12-17(22-18)13-6-10-16(20)11-7-13/h4-12H,1-3H3. The highest BCUT2D eigenvalue weighted by Gasteiger charge is 2.14. The quantitative estimate of drug-likeness (QED) is 0.628. The minimum atomic E-state index is -0.263. The van der Waals surface area contributed by atoms with Crippen molar-refractivity contribution in [1.29, 1.82) is 0 Å². The van der Waals surface area contributed by atoms with Gasteiger partial charge in [-0.25, -0.2) is 9.37 Å². The largest absolute Gasteiger partial charge is 0.436 e. The second-order valence-electron chi connectivity index (χ2n) is 6.36. The molecule has 0 aliphatic rings. The zero-order valence-electron chi connectivity index (χ0n) is 12.9. The molecule has 0 bridgehead atoms. The summed E-state index contributed by atoms with van der Waals surface area (Å²) in [6.07, 6.45) is 1.67. The predicted octanol–water partition coefficient (Wildman–Crippen LogP) is 5.45. The molecule has 0 saturated heterocycles. The Morgan fingerprint density at radius 2 is 1.45 bits per heavy atom. The highest BCUT2D eigenvalue weighted by molar-refractivity contribution is 5.61. The molecular weight excluding hydrogens is 277 g/mol. The van der Waals surface area contributed by atoms with Crippen molar-refractivity contribution < 1.29 is 8.81 Å². The van der Waals surface area contributed by atoms with Crippen LogP contribution in [-0.4, -0.2) is 4.98 Å². The first kappa shape index (κ1) is 14.5. The zero-order chi connectivity index (χ0) is 15.7. The molecule has 22 heavy (non-hydrogen) atoms. The molecule has 0 unspecified atom stereocenters. The van der Waals surface area contributed by atoms with Crippen molar-refractivity contribution in [1.82, 2.24) is 4.98 Å². The van der Waals surface area contributed by atoms with Crippen LogP contribution in [0, 0.1) is 5.82 Å². The van der Waals surface area contributed by atoms with Gasteiger partial charge in [-0.3, -0.25) is 0 Å². The summed E-state index contributed by atoms with van der Waals surface area (Å²) in [6.45, 7) is 6.54. The van der Waals surface area contributed by atoms with Crippen LogP contribution in [0.25, 0.3) is 22.8 Å². The van der Waals surface area contributed by atoms with Crippen molar-refractivity contribution in [2.24, 2.45) is 0 Å². The normalized spacial score (nSPS) is 11.6. The molecule has 0 spiro atoms. The van der Waals surface area contributed by atoms with E-state index < -0.39 is 0 Å². The maximum Gasteiger partial charge on any atom is 0.226 e. The van der Waals surface area contributed by atoms with Gasteiger partial charge in [0, 0.05) is 11.1 Å². The van der Waals surface area contributed by atoms with E-state index in [1.807, 2.05) is 12.1 Å². The van der Waals surface area contributed by atoms with Gasteiger partial charge in [-0.15, -0.1) is 0 Å². The summed E-state index contributed by atoms with van der Waals surface area (Å²) in [7, 11) is 0. The fourth-order valence-electron chi connectivity index (χ4n) is 2.27. The van der Waals surface area contributed by atoms with Gasteiger partial charge in [0.1, 0.15) is 5.82 Å². The van der Waals surface area contributed by atoms with E-state index in [1.54, 1.807) is 18.3 Å². The van der Waals surface area contributed by atoms with Crippen molar-refractivity contribution >= 4 is 0 Å². The average Bonchev–Trinajstić information content (AvgIpc) is 2.97. The molecule has 1 aromatic heterocycles. The highest BCUT2D eigenvalue weighted by Crippen LogP contribution is 2.28. The summed E-state index contributed by atoms with van der Waals surface area (Å²) >= 11 is 0. The van der Waals surface area contributed by atoms with Gasteiger partial charge in [0.05, 0.1) is 6.20 Å². The number of hydrogen-bond acceptors (Lipinski definition) is 2. The molecule has 1 heterocycles. The van der Waals surface area contributed by atoms with Gasteiger partial charge in [-0.1, -0.05) is 32.9 Å². The van der Waals surface area contributed by atoms with Gasteiger partial charge in [-0.05, 0) is 47.4 Å². The van der Waals surface area contributed by atoms with Gasteiger partial charge in [-0.2, -0.15) is 0 Å². The minimum Gasteiger partial charge on any atom is -0.436 e. The van der Waals surface area contributed by atoms with Crippen LogP contribution >= 0.6 is 0 Å². The lowest BCUT2D eigenvalue weighted by atomic mass is 9.87. The molecule has 3 rings (SSSR count). The smallest absolute Gasteiger partial charge is 0.226 e. The fourth-order valence-corrected chi connectivity index (χ4v) is 2.27. The van der Waals surface area contributed by atoms with Crippen LogP contribution in [0.15, 0.2) is 59.1 Å². The van der Waals surface area contributed by atoms with E-state index in [4.69, 9.17) is 4.42 Å². The third-order valence-electron chi connectivity index (χ3n) is 3.63. The second kappa shape index (κ2) is 5.41. The highest BCUT2D eigenvalue weighted by atomic mass is 19.1. The molecule has 0 fully saturated rings. The van der Waals surface area contributed by atoms with E-state index >= 15 is 0 Å². The molecule has 0 radical (unpaired) electrons. The molecule has 3 aromatic rings. The first-order chi connectivity index (χ1) is 10.4. The Labute approximate surface area is 129 Å². The summed E-state index contributed by atoms with van der Waals surface area (Å²) < 4.78 is 18.7. The van der Waals surface area contributed by atoms with Gasteiger partial charge in [0.2, 0.25) is 5.89 Å². The third kappa shape index (κ3) is 2.93. The number of rotatable bonds is 2. The molecular formula is C19H18FNO. The maximum absolute atomic E-state index is 13.0. The van der Waals surface area contributed by atoms with E-state index in [0.717, 1.165) is 11.1 Å². The summed E-state index contributed by atoms with van der Waals surface area (Å²) in [5, 5.41) is 0. The van der Waals surface area contributed by atoms with Crippen LogP contribution in [0.5, 0.6) is 0 Å². The van der Waals surface area contributed by atoms with E-state index in [9.17, 15) is 4.39 Å². The molecule has 0 atom stereocenters. The predicted molar refractivity (Wildman–Crippen MR) is 86.0 cm³/mol. The Morgan fingerprint density at radius 1 is 0.864 bits per heavy atom. The number of halogens is 1. The fraction of sp³-hybridized carbons (Fsp3) is 0.211. The van der Waals surface area contributed by atoms with Crippen molar-refractivity contribution in [3.05, 3.63) is 66.1 Å². The molecule has 0 aliphatic heterocycles. The van der Waals surface area contributed by atoms with Crippen LogP contribution in [0.2, 0.25) is 0 Å². The summed E-state index contributed by atoms with van der Waals surface area (Å²) in [5.74, 6) is 0.941. The molecule has 3 heteroatoms. The van der Waals surface area contributed by atoms with Crippen molar-refractivity contribution in [3.63, 3.8) is 0 Å². The Morgan fingerprint density at radius 3 is 2.05 bits per heavy atom. The Balaban J connectivity index is 1.89. The number of hydrogen-bond donors (Lipinski definition) is 0. The van der Waals surface area contributed by atoms with Crippen LogP contribution in [-0.2, 0) is 5.41 Å². The minimum absolute atomic E-state index is 0.119. The Bertz CT molecular complexity index is 764. The second-order valence-corrected chi connectivity index (χ2v) is 6.36. The van der Waals surface area contributed by atoms with E-state index in [1.165, 1.54) is 17.7 Å². The van der Waals surface area contributed by atoms with E-state index in [2.05, 4.69) is 37.9 Å². The first-order valence-corrected chi connectivity index (χ1v) is 7.26. The first-order valence-electron chi connectivity index (χ1n) is 7.26. The lowest BCUT2D eigenvalue weighted by Gasteiger charge is -2.18. The maximum atomic E-state index is 13.0. The van der Waals surface area contributed by atoms with Gasteiger partial charge < -0.3 is 4.42 Å². The Kier molecular flexibility index (Phi) is 3.57. The SMILES string of the molecule is CC(C)(C)c1ccc(-c2ncc(-c3ccc(F)cc3)o2)cc1. The number of oxazole rings is 1. The lowest BCUT2D eigenvalue weighted by molar-refractivity contribution is 0.584. The van der Waals surface area contributed by atoms with Crippen LogP contribution < -0.4 is 0 Å². The van der Waals surface area contributed by atoms with Gasteiger partial charge in [0.25, 0.3) is 0 Å². The van der Waals surface area contributed by atoms with Crippen molar-refractivity contribution in [3.8, 4) is 22.8 Å². The molecule has 2 aromatic carbocycles. The number of nitrogens with zero attached hydrogens (tertiary/aromatic N) is 1.